The number of rotatable bonds is 4. The molecule has 0 spiro atoms. The summed E-state index contributed by atoms with van der Waals surface area (Å²) in [6.45, 7) is 0. The van der Waals surface area contributed by atoms with E-state index in [2.05, 4.69) is 137 Å². The highest BCUT2D eigenvalue weighted by Crippen LogP contribution is 2.47. The molecule has 0 aliphatic rings. The average Bonchev–Trinajstić information content (AvgIpc) is 3.41. The van der Waals surface area contributed by atoms with Crippen molar-refractivity contribution in [2.24, 2.45) is 0 Å². The van der Waals surface area contributed by atoms with Gasteiger partial charge in [0.05, 0.1) is 11.4 Å². The third-order valence-electron chi connectivity index (χ3n) is 7.72. The van der Waals surface area contributed by atoms with Crippen molar-refractivity contribution in [3.8, 4) is 11.1 Å². The second-order valence-corrected chi connectivity index (χ2v) is 10.0. The molecule has 0 bridgehead atoms. The Morgan fingerprint density at radius 3 is 2.12 bits per heavy atom. The maximum Gasteiger partial charge on any atom is 0.138 e. The first-order valence-electron chi connectivity index (χ1n) is 13.5. The summed E-state index contributed by atoms with van der Waals surface area (Å²) >= 11 is 0. The Bertz CT molecular complexity index is 2160. The fraction of sp³-hybridized carbons (Fsp3) is 0. The molecule has 0 saturated carbocycles. The van der Waals surface area contributed by atoms with Gasteiger partial charge in [-0.2, -0.15) is 0 Å². The van der Waals surface area contributed by atoms with Crippen LogP contribution in [0.3, 0.4) is 0 Å². The summed E-state index contributed by atoms with van der Waals surface area (Å²) in [6, 6.07) is 46.9. The lowest BCUT2D eigenvalue weighted by Crippen LogP contribution is -2.11. The maximum absolute atomic E-state index is 6.63. The molecule has 0 saturated heterocycles. The molecule has 0 aliphatic heterocycles. The van der Waals surface area contributed by atoms with Gasteiger partial charge >= 0.3 is 0 Å². The summed E-state index contributed by atoms with van der Waals surface area (Å²) < 4.78 is 6.63. The lowest BCUT2D eigenvalue weighted by atomic mass is 9.96. The molecular weight excluding hydrogens is 488 g/mol. The molecule has 0 atom stereocenters. The van der Waals surface area contributed by atoms with E-state index in [1.165, 1.54) is 10.8 Å². The zero-order chi connectivity index (χ0) is 26.5. The van der Waals surface area contributed by atoms with Crippen molar-refractivity contribution < 1.29 is 4.42 Å². The predicted octanol–water partition coefficient (Wildman–Crippen LogP) is 10.4. The third-order valence-corrected chi connectivity index (χ3v) is 7.72. The molecule has 8 aromatic rings. The minimum atomic E-state index is 0.862. The van der Waals surface area contributed by atoms with Gasteiger partial charge < -0.3 is 9.32 Å². The van der Waals surface area contributed by atoms with Crippen molar-refractivity contribution in [3.05, 3.63) is 146 Å². The molecule has 0 aliphatic carbocycles. The Balaban J connectivity index is 1.49. The van der Waals surface area contributed by atoms with Crippen molar-refractivity contribution >= 4 is 60.5 Å². The summed E-state index contributed by atoms with van der Waals surface area (Å²) in [4.78, 5) is 6.75. The van der Waals surface area contributed by atoms with E-state index < -0.39 is 0 Å². The molecule has 0 radical (unpaired) electrons. The summed E-state index contributed by atoms with van der Waals surface area (Å²) in [6.07, 6.45) is 3.73. The number of hydrogen-bond donors (Lipinski definition) is 0. The maximum atomic E-state index is 6.63. The molecule has 0 amide bonds. The molecule has 8 rings (SSSR count). The van der Waals surface area contributed by atoms with Gasteiger partial charge in [-0.25, -0.2) is 0 Å². The minimum absolute atomic E-state index is 0.862. The van der Waals surface area contributed by atoms with E-state index >= 15 is 0 Å². The van der Waals surface area contributed by atoms with Gasteiger partial charge in [0.15, 0.2) is 0 Å². The third kappa shape index (κ3) is 3.49. The number of anilines is 3. The quantitative estimate of drug-likeness (QED) is 0.235. The summed E-state index contributed by atoms with van der Waals surface area (Å²) in [5.41, 5.74) is 7.22. The van der Waals surface area contributed by atoms with E-state index in [1.54, 1.807) is 0 Å². The van der Waals surface area contributed by atoms with Crippen LogP contribution in [-0.2, 0) is 0 Å². The topological polar surface area (TPSA) is 29.3 Å². The molecule has 0 unspecified atom stereocenters. The van der Waals surface area contributed by atoms with Gasteiger partial charge in [0, 0.05) is 51.3 Å². The van der Waals surface area contributed by atoms with Crippen molar-refractivity contribution in [2.45, 2.75) is 0 Å². The van der Waals surface area contributed by atoms with Crippen LogP contribution in [0.15, 0.2) is 150 Å². The number of benzene rings is 6. The van der Waals surface area contributed by atoms with Crippen LogP contribution in [0.25, 0.3) is 54.6 Å². The van der Waals surface area contributed by atoms with Crippen molar-refractivity contribution in [3.63, 3.8) is 0 Å². The molecule has 188 valence electrons. The monoisotopic (exact) mass is 512 g/mol. The van der Waals surface area contributed by atoms with E-state index in [1.807, 2.05) is 18.5 Å². The summed E-state index contributed by atoms with van der Waals surface area (Å²) in [5.74, 6) is 0. The molecule has 2 heterocycles. The Labute approximate surface area is 231 Å². The number of pyridine rings is 1. The average molecular weight is 513 g/mol. The normalized spacial score (nSPS) is 11.5. The lowest BCUT2D eigenvalue weighted by Gasteiger charge is -2.28. The van der Waals surface area contributed by atoms with Crippen LogP contribution >= 0.6 is 0 Å². The van der Waals surface area contributed by atoms with Crippen LogP contribution in [0.1, 0.15) is 0 Å². The van der Waals surface area contributed by atoms with Gasteiger partial charge in [-0.3, -0.25) is 4.98 Å². The summed E-state index contributed by atoms with van der Waals surface area (Å²) in [5, 5.41) is 6.96. The smallest absolute Gasteiger partial charge is 0.138 e. The van der Waals surface area contributed by atoms with Crippen LogP contribution in [0.5, 0.6) is 0 Å². The molecule has 3 heteroatoms. The van der Waals surface area contributed by atoms with Crippen LogP contribution in [0, 0.1) is 0 Å². The Kier molecular flexibility index (Phi) is 5.14. The Morgan fingerprint density at radius 1 is 0.525 bits per heavy atom. The Morgan fingerprint density at radius 2 is 1.27 bits per heavy atom. The van der Waals surface area contributed by atoms with Crippen molar-refractivity contribution in [2.75, 3.05) is 4.90 Å². The molecule has 2 aromatic heterocycles. The minimum Gasteiger partial charge on any atom is -0.456 e. The van der Waals surface area contributed by atoms with Crippen LogP contribution in [0.4, 0.5) is 17.1 Å². The fourth-order valence-electron chi connectivity index (χ4n) is 6.00. The SMILES string of the molecule is c1ccc(N(c2cccc3ccccc23)c2cc3oc4cccc(-c5cccnc5)c4c3c3ccccc23)cc1. The van der Waals surface area contributed by atoms with Gasteiger partial charge in [-0.05, 0) is 46.7 Å². The zero-order valence-electron chi connectivity index (χ0n) is 21.7. The lowest BCUT2D eigenvalue weighted by molar-refractivity contribution is 0.669. The van der Waals surface area contributed by atoms with Crippen molar-refractivity contribution in [1.82, 2.24) is 4.98 Å². The van der Waals surface area contributed by atoms with Crippen LogP contribution in [-0.4, -0.2) is 4.98 Å². The number of nitrogens with zero attached hydrogens (tertiary/aromatic N) is 2. The van der Waals surface area contributed by atoms with Gasteiger partial charge in [0.2, 0.25) is 0 Å². The molecule has 3 nitrogen and oxygen atoms in total. The van der Waals surface area contributed by atoms with E-state index in [4.69, 9.17) is 4.42 Å². The van der Waals surface area contributed by atoms with Gasteiger partial charge in [-0.1, -0.05) is 97.1 Å². The molecule has 0 N–H and O–H groups in total. The number of hydrogen-bond acceptors (Lipinski definition) is 3. The predicted molar refractivity (Wildman–Crippen MR) is 167 cm³/mol. The molecule has 40 heavy (non-hydrogen) atoms. The highest BCUT2D eigenvalue weighted by molar-refractivity contribution is 6.25. The highest BCUT2D eigenvalue weighted by Gasteiger charge is 2.22. The van der Waals surface area contributed by atoms with E-state index in [0.717, 1.165) is 60.9 Å². The van der Waals surface area contributed by atoms with Gasteiger partial charge in [0.25, 0.3) is 0 Å². The first-order valence-corrected chi connectivity index (χ1v) is 13.5. The van der Waals surface area contributed by atoms with E-state index in [0.29, 0.717) is 0 Å². The van der Waals surface area contributed by atoms with Crippen LogP contribution < -0.4 is 4.90 Å². The zero-order valence-corrected chi connectivity index (χ0v) is 21.7. The number of fused-ring (bicyclic) bond motifs is 6. The first kappa shape index (κ1) is 22.6. The number of para-hydroxylation sites is 1. The second-order valence-electron chi connectivity index (χ2n) is 10.0. The molecular formula is C37H24N2O. The van der Waals surface area contributed by atoms with Gasteiger partial charge in [0.1, 0.15) is 11.2 Å². The highest BCUT2D eigenvalue weighted by atomic mass is 16.3. The standard InChI is InChI=1S/C37H24N2O/c1-2-14-27(15-3-1)39(32-20-8-12-25-11-4-5-16-28(25)32)33-23-35-37(31-18-7-6-17-30(31)33)36-29(19-9-21-34(36)40-35)26-13-10-22-38-24-26/h1-24H. The number of aromatic nitrogens is 1. The fourth-order valence-corrected chi connectivity index (χ4v) is 6.00. The summed E-state index contributed by atoms with van der Waals surface area (Å²) in [7, 11) is 0. The van der Waals surface area contributed by atoms with Crippen LogP contribution in [0.2, 0.25) is 0 Å². The molecule has 6 aromatic carbocycles. The van der Waals surface area contributed by atoms with Gasteiger partial charge in [-0.15, -0.1) is 0 Å². The first-order chi connectivity index (χ1) is 19.9. The second kappa shape index (κ2) is 9.11. The Hall–Kier alpha value is -5.41. The van der Waals surface area contributed by atoms with E-state index in [-0.39, 0.29) is 0 Å². The largest absolute Gasteiger partial charge is 0.456 e. The van der Waals surface area contributed by atoms with Crippen molar-refractivity contribution in [1.29, 1.82) is 0 Å². The molecule has 0 fully saturated rings. The van der Waals surface area contributed by atoms with E-state index in [9.17, 15) is 0 Å². The number of furan rings is 1.